The molecule has 6 nitrogen and oxygen atoms in total. The molecule has 18 heavy (non-hydrogen) atoms. The first-order chi connectivity index (χ1) is 8.33. The summed E-state index contributed by atoms with van der Waals surface area (Å²) in [4.78, 5) is 0.219. The average Bonchev–Trinajstić information content (AvgIpc) is 2.54. The van der Waals surface area contributed by atoms with Gasteiger partial charge in [0.05, 0.1) is 24.5 Å². The van der Waals surface area contributed by atoms with E-state index in [9.17, 15) is 8.42 Å². The summed E-state index contributed by atoms with van der Waals surface area (Å²) in [5, 5.41) is 13.0. The van der Waals surface area contributed by atoms with Crippen LogP contribution in [-0.4, -0.2) is 36.0 Å². The summed E-state index contributed by atoms with van der Waals surface area (Å²) in [6.07, 6.45) is 0.724. The van der Waals surface area contributed by atoms with E-state index in [1.807, 2.05) is 13.8 Å². The van der Waals surface area contributed by atoms with E-state index < -0.39 is 10.0 Å². The third-order valence-electron chi connectivity index (χ3n) is 2.86. The van der Waals surface area contributed by atoms with Gasteiger partial charge in [0, 0.05) is 6.04 Å². The van der Waals surface area contributed by atoms with Crippen molar-refractivity contribution in [2.24, 2.45) is 0 Å². The molecule has 0 fully saturated rings. The van der Waals surface area contributed by atoms with E-state index in [1.165, 1.54) is 4.68 Å². The molecule has 0 saturated carbocycles. The summed E-state index contributed by atoms with van der Waals surface area (Å²) in [6.45, 7) is 7.32. The van der Waals surface area contributed by atoms with Gasteiger partial charge in [-0.3, -0.25) is 4.68 Å². The lowest BCUT2D eigenvalue weighted by atomic mass is 10.3. The fraction of sp³-hybridized carbons (Fsp3) is 0.727. The summed E-state index contributed by atoms with van der Waals surface area (Å²) in [7, 11) is -3.55. The topological polar surface area (TPSA) is 84.2 Å². The molecule has 1 atom stereocenters. The Kier molecular flexibility index (Phi) is 4.89. The molecule has 2 N–H and O–H groups in total. The van der Waals surface area contributed by atoms with Crippen molar-refractivity contribution < 1.29 is 13.5 Å². The zero-order valence-electron chi connectivity index (χ0n) is 11.3. The molecule has 0 aliphatic heterocycles. The molecule has 0 aliphatic rings. The Morgan fingerprint density at radius 3 is 2.56 bits per heavy atom. The molecule has 7 heteroatoms. The van der Waals surface area contributed by atoms with E-state index in [2.05, 4.69) is 9.82 Å². The molecule has 1 aromatic rings. The van der Waals surface area contributed by atoms with Gasteiger partial charge in [-0.2, -0.15) is 5.10 Å². The van der Waals surface area contributed by atoms with Gasteiger partial charge in [-0.15, -0.1) is 0 Å². The quantitative estimate of drug-likeness (QED) is 0.795. The number of rotatable bonds is 6. The molecule has 1 unspecified atom stereocenters. The summed E-state index contributed by atoms with van der Waals surface area (Å²) in [5.41, 5.74) is 1.01. The highest BCUT2D eigenvalue weighted by molar-refractivity contribution is 7.89. The van der Waals surface area contributed by atoms with Crippen LogP contribution in [0.4, 0.5) is 0 Å². The predicted octanol–water partition coefficient (Wildman–Crippen LogP) is 0.569. The lowest BCUT2D eigenvalue weighted by molar-refractivity contribution is 0.267. The highest BCUT2D eigenvalue weighted by Crippen LogP contribution is 2.19. The van der Waals surface area contributed by atoms with Crippen LogP contribution in [0.2, 0.25) is 0 Å². The summed E-state index contributed by atoms with van der Waals surface area (Å²) >= 11 is 0. The average molecular weight is 275 g/mol. The van der Waals surface area contributed by atoms with Crippen molar-refractivity contribution in [3.63, 3.8) is 0 Å². The number of hydrogen-bond donors (Lipinski definition) is 2. The molecular weight excluding hydrogens is 254 g/mol. The van der Waals surface area contributed by atoms with E-state index in [-0.39, 0.29) is 17.5 Å². The molecule has 1 aromatic heterocycles. The molecular formula is C11H21N3O3S. The van der Waals surface area contributed by atoms with Crippen LogP contribution < -0.4 is 4.72 Å². The van der Waals surface area contributed by atoms with Gasteiger partial charge in [0.25, 0.3) is 0 Å². The Morgan fingerprint density at radius 1 is 1.44 bits per heavy atom. The maximum Gasteiger partial charge on any atom is 0.244 e. The van der Waals surface area contributed by atoms with E-state index in [0.29, 0.717) is 17.9 Å². The molecule has 0 aliphatic carbocycles. The molecule has 0 radical (unpaired) electrons. The Bertz CT molecular complexity index is 508. The predicted molar refractivity (Wildman–Crippen MR) is 68.9 cm³/mol. The number of aryl methyl sites for hydroxylation is 1. The van der Waals surface area contributed by atoms with Crippen LogP contribution in [0.25, 0.3) is 0 Å². The summed E-state index contributed by atoms with van der Waals surface area (Å²) in [6, 6.07) is -0.116. The Balaban J connectivity index is 3.16. The third kappa shape index (κ3) is 3.09. The summed E-state index contributed by atoms with van der Waals surface area (Å²) < 4.78 is 28.6. The van der Waals surface area contributed by atoms with Crippen LogP contribution in [0.3, 0.4) is 0 Å². The molecule has 104 valence electrons. The molecule has 0 bridgehead atoms. The second kappa shape index (κ2) is 5.81. The number of aromatic nitrogens is 2. The third-order valence-corrected chi connectivity index (χ3v) is 4.71. The number of aliphatic hydroxyl groups excluding tert-OH is 1. The number of aliphatic hydroxyl groups is 1. The lowest BCUT2D eigenvalue weighted by Gasteiger charge is -2.12. The van der Waals surface area contributed by atoms with Crippen molar-refractivity contribution in [1.29, 1.82) is 0 Å². The highest BCUT2D eigenvalue weighted by Gasteiger charge is 2.25. The minimum absolute atomic E-state index is 0.0692. The van der Waals surface area contributed by atoms with Crippen molar-refractivity contribution in [2.75, 3.05) is 6.61 Å². The zero-order valence-corrected chi connectivity index (χ0v) is 12.1. The maximum atomic E-state index is 12.2. The van der Waals surface area contributed by atoms with Gasteiger partial charge < -0.3 is 5.11 Å². The SMILES string of the molecule is CCC(C)NS(=O)(=O)c1c(C)nn(CCO)c1C. The fourth-order valence-corrected chi connectivity index (χ4v) is 3.53. The van der Waals surface area contributed by atoms with Gasteiger partial charge >= 0.3 is 0 Å². The first-order valence-corrected chi connectivity index (χ1v) is 7.49. The Hall–Kier alpha value is -0.920. The van der Waals surface area contributed by atoms with Crippen molar-refractivity contribution in [1.82, 2.24) is 14.5 Å². The first kappa shape index (κ1) is 15.1. The minimum atomic E-state index is -3.55. The molecule has 0 spiro atoms. The minimum Gasteiger partial charge on any atom is -0.394 e. The van der Waals surface area contributed by atoms with Crippen molar-refractivity contribution in [2.45, 2.75) is 51.6 Å². The van der Waals surface area contributed by atoms with Crippen LogP contribution in [0.5, 0.6) is 0 Å². The second-order valence-corrected chi connectivity index (χ2v) is 6.03. The summed E-state index contributed by atoms with van der Waals surface area (Å²) in [5.74, 6) is 0. The lowest BCUT2D eigenvalue weighted by Crippen LogP contribution is -2.32. The number of sulfonamides is 1. The zero-order chi connectivity index (χ0) is 13.9. The van der Waals surface area contributed by atoms with E-state index in [1.54, 1.807) is 13.8 Å². The van der Waals surface area contributed by atoms with E-state index in [0.717, 1.165) is 6.42 Å². The normalized spacial score (nSPS) is 13.8. The van der Waals surface area contributed by atoms with Gasteiger partial charge in [0.2, 0.25) is 10.0 Å². The van der Waals surface area contributed by atoms with Crippen LogP contribution >= 0.6 is 0 Å². The largest absolute Gasteiger partial charge is 0.394 e. The molecule has 1 heterocycles. The van der Waals surface area contributed by atoms with Gasteiger partial charge in [-0.05, 0) is 27.2 Å². The maximum absolute atomic E-state index is 12.2. The molecule has 0 amide bonds. The molecule has 1 rings (SSSR count). The number of nitrogens with one attached hydrogen (secondary N) is 1. The van der Waals surface area contributed by atoms with Crippen LogP contribution in [-0.2, 0) is 16.6 Å². The molecule has 0 aromatic carbocycles. The standard InChI is InChI=1S/C11H21N3O3S/c1-5-8(2)13-18(16,17)11-9(3)12-14(6-7-15)10(11)4/h8,13,15H,5-7H2,1-4H3. The smallest absolute Gasteiger partial charge is 0.244 e. The van der Waals surface area contributed by atoms with Crippen molar-refractivity contribution >= 4 is 10.0 Å². The Labute approximate surface area is 108 Å². The monoisotopic (exact) mass is 275 g/mol. The van der Waals surface area contributed by atoms with Gasteiger partial charge in [-0.1, -0.05) is 6.92 Å². The van der Waals surface area contributed by atoms with Crippen LogP contribution in [0.15, 0.2) is 4.90 Å². The Morgan fingerprint density at radius 2 is 2.06 bits per heavy atom. The van der Waals surface area contributed by atoms with Gasteiger partial charge in [0.15, 0.2) is 0 Å². The van der Waals surface area contributed by atoms with Gasteiger partial charge in [0.1, 0.15) is 4.90 Å². The fourth-order valence-electron chi connectivity index (χ4n) is 1.79. The van der Waals surface area contributed by atoms with Crippen LogP contribution in [0.1, 0.15) is 31.7 Å². The number of nitrogens with zero attached hydrogens (tertiary/aromatic N) is 2. The first-order valence-electron chi connectivity index (χ1n) is 6.00. The van der Waals surface area contributed by atoms with Crippen molar-refractivity contribution in [3.05, 3.63) is 11.4 Å². The highest BCUT2D eigenvalue weighted by atomic mass is 32.2. The molecule has 0 saturated heterocycles. The van der Waals surface area contributed by atoms with E-state index >= 15 is 0 Å². The van der Waals surface area contributed by atoms with E-state index in [4.69, 9.17) is 5.11 Å². The van der Waals surface area contributed by atoms with Gasteiger partial charge in [-0.25, -0.2) is 13.1 Å². The number of hydrogen-bond acceptors (Lipinski definition) is 4. The van der Waals surface area contributed by atoms with Crippen molar-refractivity contribution in [3.8, 4) is 0 Å². The van der Waals surface area contributed by atoms with Crippen LogP contribution in [0, 0.1) is 13.8 Å². The second-order valence-electron chi connectivity index (χ2n) is 4.38.